The molecular weight excluding hydrogens is 389 g/mol. The second-order valence-corrected chi connectivity index (χ2v) is 7.82. The lowest BCUT2D eigenvalue weighted by Crippen LogP contribution is -2.53. The largest absolute Gasteiger partial charge is 0.485 e. The van der Waals surface area contributed by atoms with Crippen LogP contribution in [0, 0.1) is 0 Å². The van der Waals surface area contributed by atoms with Gasteiger partial charge in [-0.2, -0.15) is 0 Å². The second-order valence-electron chi connectivity index (χ2n) is 7.01. The Kier molecular flexibility index (Phi) is 5.21. The standard InChI is InChI=1S/C20H19Cl2NO4/c1-10(24)11-7-8-15-12(9-11)17(18(25)20(2,3)27-15)23-19(26)16-13(21)5-4-6-14(16)22/h4-9,17-18,25H,1-3H3,(H,23,26)/t17-,18+/m0/s1. The third-order valence-electron chi connectivity index (χ3n) is 4.63. The molecule has 7 heteroatoms. The molecule has 0 bridgehead atoms. The van der Waals surface area contributed by atoms with E-state index in [9.17, 15) is 14.7 Å². The van der Waals surface area contributed by atoms with Gasteiger partial charge < -0.3 is 15.2 Å². The van der Waals surface area contributed by atoms with Gasteiger partial charge in [0.15, 0.2) is 5.78 Å². The van der Waals surface area contributed by atoms with Gasteiger partial charge in [-0.15, -0.1) is 0 Å². The predicted molar refractivity (Wildman–Crippen MR) is 104 cm³/mol. The Bertz CT molecular complexity index is 906. The molecule has 2 aromatic rings. The van der Waals surface area contributed by atoms with E-state index in [2.05, 4.69) is 5.32 Å². The van der Waals surface area contributed by atoms with E-state index < -0.39 is 23.7 Å². The lowest BCUT2D eigenvalue weighted by Gasteiger charge is -2.42. The predicted octanol–water partition coefficient (Wildman–Crippen LogP) is 4.20. The Hall–Kier alpha value is -2.08. The minimum Gasteiger partial charge on any atom is -0.485 e. The summed E-state index contributed by atoms with van der Waals surface area (Å²) in [5.41, 5.74) is 0.152. The van der Waals surface area contributed by atoms with Crippen molar-refractivity contribution in [1.29, 1.82) is 0 Å². The Balaban J connectivity index is 2.04. The van der Waals surface area contributed by atoms with Gasteiger partial charge in [-0.05, 0) is 51.1 Å². The van der Waals surface area contributed by atoms with Crippen molar-refractivity contribution >= 4 is 34.9 Å². The van der Waals surface area contributed by atoms with Gasteiger partial charge in [0.25, 0.3) is 5.91 Å². The summed E-state index contributed by atoms with van der Waals surface area (Å²) in [6, 6.07) is 8.91. The number of carbonyl (C=O) groups is 2. The average molecular weight is 408 g/mol. The van der Waals surface area contributed by atoms with Crippen molar-refractivity contribution in [1.82, 2.24) is 5.32 Å². The fourth-order valence-electron chi connectivity index (χ4n) is 3.10. The summed E-state index contributed by atoms with van der Waals surface area (Å²) >= 11 is 12.2. The fraction of sp³-hybridized carbons (Fsp3) is 0.300. The van der Waals surface area contributed by atoms with Crippen LogP contribution in [0.5, 0.6) is 5.75 Å². The summed E-state index contributed by atoms with van der Waals surface area (Å²) in [5, 5.41) is 14.0. The third kappa shape index (κ3) is 3.68. The summed E-state index contributed by atoms with van der Waals surface area (Å²) in [4.78, 5) is 24.6. The number of aliphatic hydroxyl groups excluding tert-OH is 1. The number of benzene rings is 2. The quantitative estimate of drug-likeness (QED) is 0.747. The van der Waals surface area contributed by atoms with Crippen molar-refractivity contribution in [3.63, 3.8) is 0 Å². The van der Waals surface area contributed by atoms with Crippen LogP contribution >= 0.6 is 23.2 Å². The van der Waals surface area contributed by atoms with Gasteiger partial charge in [0.2, 0.25) is 0 Å². The molecule has 0 spiro atoms. The highest BCUT2D eigenvalue weighted by Crippen LogP contribution is 2.40. The number of nitrogens with one attached hydrogen (secondary N) is 1. The summed E-state index contributed by atoms with van der Waals surface area (Å²) in [5.74, 6) is -0.159. The van der Waals surface area contributed by atoms with Gasteiger partial charge >= 0.3 is 0 Å². The number of hydrogen-bond donors (Lipinski definition) is 2. The molecular formula is C20H19Cl2NO4. The van der Waals surface area contributed by atoms with Crippen molar-refractivity contribution in [3.8, 4) is 5.75 Å². The molecule has 1 aliphatic heterocycles. The van der Waals surface area contributed by atoms with Gasteiger partial charge in [0.1, 0.15) is 17.5 Å². The highest BCUT2D eigenvalue weighted by molar-refractivity contribution is 6.39. The van der Waals surface area contributed by atoms with E-state index in [4.69, 9.17) is 27.9 Å². The molecule has 0 aliphatic carbocycles. The van der Waals surface area contributed by atoms with Crippen molar-refractivity contribution in [2.75, 3.05) is 0 Å². The first kappa shape index (κ1) is 19.7. The molecule has 1 aliphatic rings. The summed E-state index contributed by atoms with van der Waals surface area (Å²) in [6.45, 7) is 4.89. The molecule has 27 heavy (non-hydrogen) atoms. The highest BCUT2D eigenvalue weighted by atomic mass is 35.5. The van der Waals surface area contributed by atoms with Crippen LogP contribution in [0.15, 0.2) is 36.4 Å². The maximum absolute atomic E-state index is 12.8. The minimum absolute atomic E-state index is 0.126. The Morgan fingerprint density at radius 1 is 1.15 bits per heavy atom. The number of carbonyl (C=O) groups excluding carboxylic acids is 2. The van der Waals surface area contributed by atoms with Gasteiger partial charge in [-0.3, -0.25) is 9.59 Å². The Labute approximate surface area is 167 Å². The number of ketones is 1. The summed E-state index contributed by atoms with van der Waals surface area (Å²) < 4.78 is 5.87. The normalized spacial score (nSPS) is 20.4. The van der Waals surface area contributed by atoms with Gasteiger partial charge in [0, 0.05) is 11.1 Å². The van der Waals surface area contributed by atoms with Crippen molar-refractivity contribution < 1.29 is 19.4 Å². The number of ether oxygens (including phenoxy) is 1. The minimum atomic E-state index is -1.06. The van der Waals surface area contributed by atoms with Crippen molar-refractivity contribution in [3.05, 3.63) is 63.1 Å². The average Bonchev–Trinajstić information content (AvgIpc) is 2.58. The summed E-state index contributed by atoms with van der Waals surface area (Å²) in [7, 11) is 0. The maximum Gasteiger partial charge on any atom is 0.254 e. The molecule has 0 saturated heterocycles. The van der Waals surface area contributed by atoms with Crippen LogP contribution < -0.4 is 10.1 Å². The molecule has 2 aromatic carbocycles. The first-order chi connectivity index (χ1) is 12.6. The smallest absolute Gasteiger partial charge is 0.254 e. The van der Waals surface area contributed by atoms with Gasteiger partial charge in [0.05, 0.1) is 21.7 Å². The van der Waals surface area contributed by atoms with E-state index >= 15 is 0 Å². The van der Waals surface area contributed by atoms with E-state index in [1.54, 1.807) is 50.2 Å². The molecule has 3 rings (SSSR count). The zero-order chi connectivity index (χ0) is 19.9. The molecule has 5 nitrogen and oxygen atoms in total. The van der Waals surface area contributed by atoms with Crippen LogP contribution in [0.4, 0.5) is 0 Å². The second kappa shape index (κ2) is 7.15. The van der Waals surface area contributed by atoms with Gasteiger partial charge in [-0.1, -0.05) is 29.3 Å². The lowest BCUT2D eigenvalue weighted by atomic mass is 9.85. The number of fused-ring (bicyclic) bond motifs is 1. The van der Waals surface area contributed by atoms with Crippen LogP contribution in [0.25, 0.3) is 0 Å². The number of halogens is 2. The van der Waals surface area contributed by atoms with E-state index in [0.29, 0.717) is 16.9 Å². The molecule has 0 radical (unpaired) electrons. The van der Waals surface area contributed by atoms with Crippen LogP contribution in [0.1, 0.15) is 53.1 Å². The fourth-order valence-corrected chi connectivity index (χ4v) is 3.67. The molecule has 1 heterocycles. The zero-order valence-electron chi connectivity index (χ0n) is 15.0. The Morgan fingerprint density at radius 3 is 2.37 bits per heavy atom. The van der Waals surface area contributed by atoms with Crippen molar-refractivity contribution in [2.24, 2.45) is 0 Å². The molecule has 0 fully saturated rings. The van der Waals surface area contributed by atoms with Crippen LogP contribution in [-0.4, -0.2) is 28.5 Å². The van der Waals surface area contributed by atoms with E-state index in [1.807, 2.05) is 0 Å². The molecule has 2 atom stereocenters. The number of rotatable bonds is 3. The van der Waals surface area contributed by atoms with E-state index in [-0.39, 0.29) is 21.4 Å². The molecule has 0 unspecified atom stereocenters. The van der Waals surface area contributed by atoms with E-state index in [1.165, 1.54) is 6.92 Å². The molecule has 0 saturated carbocycles. The zero-order valence-corrected chi connectivity index (χ0v) is 16.6. The molecule has 0 aromatic heterocycles. The van der Waals surface area contributed by atoms with E-state index in [0.717, 1.165) is 0 Å². The number of Topliss-reactive ketones (excluding diaryl/α,β-unsaturated/α-hetero) is 1. The number of hydrogen-bond acceptors (Lipinski definition) is 4. The SMILES string of the molecule is CC(=O)c1ccc2c(c1)[C@H](NC(=O)c1c(Cl)cccc1Cl)[C@@H](O)C(C)(C)O2. The van der Waals surface area contributed by atoms with Crippen LogP contribution in [-0.2, 0) is 0 Å². The van der Waals surface area contributed by atoms with Crippen molar-refractivity contribution in [2.45, 2.75) is 38.5 Å². The first-order valence-electron chi connectivity index (χ1n) is 8.38. The number of amides is 1. The lowest BCUT2D eigenvalue weighted by molar-refractivity contribution is -0.0627. The first-order valence-corrected chi connectivity index (χ1v) is 9.14. The molecule has 1 amide bonds. The van der Waals surface area contributed by atoms with Crippen LogP contribution in [0.3, 0.4) is 0 Å². The van der Waals surface area contributed by atoms with Gasteiger partial charge in [-0.25, -0.2) is 0 Å². The monoisotopic (exact) mass is 407 g/mol. The summed E-state index contributed by atoms with van der Waals surface area (Å²) in [6.07, 6.45) is -1.06. The number of aliphatic hydroxyl groups is 1. The third-order valence-corrected chi connectivity index (χ3v) is 5.26. The molecule has 142 valence electrons. The molecule has 2 N–H and O–H groups in total. The Morgan fingerprint density at radius 2 is 1.78 bits per heavy atom. The van der Waals surface area contributed by atoms with Crippen LogP contribution in [0.2, 0.25) is 10.0 Å². The topological polar surface area (TPSA) is 75.6 Å². The maximum atomic E-state index is 12.8. The highest BCUT2D eigenvalue weighted by Gasteiger charge is 2.44.